The maximum absolute atomic E-state index is 11.3. The molecule has 2 N–H and O–H groups in total. The van der Waals surface area contributed by atoms with Crippen LogP contribution in [0.2, 0.25) is 5.02 Å². The average molecular weight is 257 g/mol. The number of carboxylic acid groups (broad SMARTS) is 1. The van der Waals surface area contributed by atoms with Gasteiger partial charge in [-0.05, 0) is 25.3 Å². The van der Waals surface area contributed by atoms with Crippen LogP contribution < -0.4 is 4.74 Å². The number of halogens is 1. The van der Waals surface area contributed by atoms with Gasteiger partial charge in [0.05, 0.1) is 12.5 Å². The SMILES string of the molecule is COc1c(O)cc(Cl)c(C)c1C1(C(=O)O)CC1. The largest absolute Gasteiger partial charge is 0.504 e. The first kappa shape index (κ1) is 12.0. The monoisotopic (exact) mass is 256 g/mol. The number of phenols is 1. The molecule has 0 atom stereocenters. The minimum atomic E-state index is -0.947. The molecule has 0 radical (unpaired) electrons. The van der Waals surface area contributed by atoms with Crippen LogP contribution in [0.3, 0.4) is 0 Å². The lowest BCUT2D eigenvalue weighted by atomic mass is 9.90. The number of ether oxygens (including phenoxy) is 1. The van der Waals surface area contributed by atoms with Crippen molar-refractivity contribution in [3.63, 3.8) is 0 Å². The molecule has 0 bridgehead atoms. The predicted octanol–water partition coefficient (Wildman–Crippen LogP) is 2.48. The lowest BCUT2D eigenvalue weighted by Crippen LogP contribution is -2.21. The number of aliphatic carboxylic acids is 1. The van der Waals surface area contributed by atoms with Gasteiger partial charge in [-0.2, -0.15) is 0 Å². The van der Waals surface area contributed by atoms with Gasteiger partial charge in [-0.25, -0.2) is 0 Å². The smallest absolute Gasteiger partial charge is 0.314 e. The summed E-state index contributed by atoms with van der Waals surface area (Å²) in [7, 11) is 1.41. The Labute approximate surface area is 104 Å². The summed E-state index contributed by atoms with van der Waals surface area (Å²) < 4.78 is 5.12. The van der Waals surface area contributed by atoms with E-state index >= 15 is 0 Å². The second-order valence-corrected chi connectivity index (χ2v) is 4.71. The Bertz CT molecular complexity index is 492. The molecule has 0 spiro atoms. The van der Waals surface area contributed by atoms with Crippen LogP contribution in [0.5, 0.6) is 11.5 Å². The van der Waals surface area contributed by atoms with Gasteiger partial charge in [0, 0.05) is 16.7 Å². The third-order valence-electron chi connectivity index (χ3n) is 3.30. The van der Waals surface area contributed by atoms with Crippen LogP contribution in [-0.4, -0.2) is 23.3 Å². The molecule has 1 aromatic carbocycles. The Balaban J connectivity index is 2.71. The highest BCUT2D eigenvalue weighted by atomic mass is 35.5. The molecule has 92 valence electrons. The summed E-state index contributed by atoms with van der Waals surface area (Å²) in [5.41, 5.74) is 0.205. The Hall–Kier alpha value is -1.42. The van der Waals surface area contributed by atoms with Gasteiger partial charge in [0.2, 0.25) is 0 Å². The zero-order valence-corrected chi connectivity index (χ0v) is 10.3. The lowest BCUT2D eigenvalue weighted by Gasteiger charge is -2.19. The van der Waals surface area contributed by atoms with Crippen molar-refractivity contribution in [2.24, 2.45) is 0 Å². The second kappa shape index (κ2) is 3.81. The van der Waals surface area contributed by atoms with Crippen molar-refractivity contribution >= 4 is 17.6 Å². The molecule has 0 aliphatic heterocycles. The number of benzene rings is 1. The van der Waals surface area contributed by atoms with Gasteiger partial charge in [0.1, 0.15) is 0 Å². The van der Waals surface area contributed by atoms with Crippen molar-refractivity contribution < 1.29 is 19.7 Å². The van der Waals surface area contributed by atoms with Crippen LogP contribution in [-0.2, 0) is 10.2 Å². The molecule has 0 amide bonds. The zero-order chi connectivity index (χ0) is 12.8. The van der Waals surface area contributed by atoms with Crippen molar-refractivity contribution in [3.05, 3.63) is 22.2 Å². The number of hydrogen-bond donors (Lipinski definition) is 2. The van der Waals surface area contributed by atoms with E-state index in [1.54, 1.807) is 6.92 Å². The Kier molecular flexibility index (Phi) is 2.70. The molecule has 1 fully saturated rings. The number of rotatable bonds is 3. The summed E-state index contributed by atoms with van der Waals surface area (Å²) in [5.74, 6) is -0.807. The van der Waals surface area contributed by atoms with Gasteiger partial charge in [-0.1, -0.05) is 11.6 Å². The maximum Gasteiger partial charge on any atom is 0.314 e. The summed E-state index contributed by atoms with van der Waals surface area (Å²) in [6, 6.07) is 1.37. The molecule has 0 unspecified atom stereocenters. The van der Waals surface area contributed by atoms with Crippen molar-refractivity contribution in [1.82, 2.24) is 0 Å². The highest BCUT2D eigenvalue weighted by molar-refractivity contribution is 6.31. The minimum absolute atomic E-state index is 0.120. The quantitative estimate of drug-likeness (QED) is 0.872. The van der Waals surface area contributed by atoms with Crippen molar-refractivity contribution in [3.8, 4) is 11.5 Å². The van der Waals surface area contributed by atoms with Gasteiger partial charge in [0.15, 0.2) is 11.5 Å². The van der Waals surface area contributed by atoms with E-state index in [4.69, 9.17) is 16.3 Å². The predicted molar refractivity (Wildman–Crippen MR) is 63.0 cm³/mol. The fourth-order valence-corrected chi connectivity index (χ4v) is 2.39. The van der Waals surface area contributed by atoms with E-state index in [-0.39, 0.29) is 11.5 Å². The summed E-state index contributed by atoms with van der Waals surface area (Å²) >= 11 is 5.98. The maximum atomic E-state index is 11.3. The van der Waals surface area contributed by atoms with Gasteiger partial charge in [-0.15, -0.1) is 0 Å². The molecule has 2 rings (SSSR count). The minimum Gasteiger partial charge on any atom is -0.504 e. The molecule has 0 aromatic heterocycles. The molecule has 4 nitrogen and oxygen atoms in total. The fourth-order valence-electron chi connectivity index (χ4n) is 2.19. The number of carbonyl (C=O) groups is 1. The summed E-state index contributed by atoms with van der Waals surface area (Å²) in [4.78, 5) is 11.3. The van der Waals surface area contributed by atoms with Crippen LogP contribution in [0, 0.1) is 6.92 Å². The van der Waals surface area contributed by atoms with Crippen molar-refractivity contribution in [2.45, 2.75) is 25.2 Å². The molecule has 5 heteroatoms. The van der Waals surface area contributed by atoms with Crippen LogP contribution in [0.25, 0.3) is 0 Å². The van der Waals surface area contributed by atoms with E-state index in [0.29, 0.717) is 29.0 Å². The first-order valence-electron chi connectivity index (χ1n) is 5.24. The van der Waals surface area contributed by atoms with Crippen LogP contribution >= 0.6 is 11.6 Å². The van der Waals surface area contributed by atoms with Gasteiger partial charge in [0.25, 0.3) is 0 Å². The molecular weight excluding hydrogens is 244 g/mol. The van der Waals surface area contributed by atoms with Crippen molar-refractivity contribution in [1.29, 1.82) is 0 Å². The molecule has 0 saturated heterocycles. The molecule has 1 aromatic rings. The molecule has 17 heavy (non-hydrogen) atoms. The number of phenolic OH excluding ortho intramolecular Hbond substituents is 1. The molecule has 1 aliphatic carbocycles. The van der Waals surface area contributed by atoms with E-state index in [0.717, 1.165) is 0 Å². The highest BCUT2D eigenvalue weighted by Crippen LogP contribution is 2.55. The topological polar surface area (TPSA) is 66.8 Å². The van der Waals surface area contributed by atoms with Crippen LogP contribution in [0.15, 0.2) is 6.07 Å². The summed E-state index contributed by atoms with van der Waals surface area (Å²) in [6.07, 6.45) is 1.08. The second-order valence-electron chi connectivity index (χ2n) is 4.30. The Morgan fingerprint density at radius 3 is 2.53 bits per heavy atom. The Morgan fingerprint density at radius 2 is 2.12 bits per heavy atom. The van der Waals surface area contributed by atoms with Gasteiger partial charge in [-0.3, -0.25) is 4.79 Å². The summed E-state index contributed by atoms with van der Waals surface area (Å²) in [6.45, 7) is 1.74. The van der Waals surface area contributed by atoms with Crippen molar-refractivity contribution in [2.75, 3.05) is 7.11 Å². The average Bonchev–Trinajstić information content (AvgIpc) is 3.04. The fraction of sp³-hybridized carbons (Fsp3) is 0.417. The summed E-state index contributed by atoms with van der Waals surface area (Å²) in [5, 5.41) is 19.4. The van der Waals surface area contributed by atoms with E-state index in [1.165, 1.54) is 13.2 Å². The number of hydrogen-bond acceptors (Lipinski definition) is 3. The third kappa shape index (κ3) is 1.63. The molecule has 1 aliphatic rings. The zero-order valence-electron chi connectivity index (χ0n) is 9.58. The van der Waals surface area contributed by atoms with E-state index in [1.807, 2.05) is 0 Å². The first-order chi connectivity index (χ1) is 7.94. The Morgan fingerprint density at radius 1 is 1.53 bits per heavy atom. The van der Waals surface area contributed by atoms with Gasteiger partial charge < -0.3 is 14.9 Å². The molecule has 0 heterocycles. The highest BCUT2D eigenvalue weighted by Gasteiger charge is 2.54. The van der Waals surface area contributed by atoms with Crippen LogP contribution in [0.4, 0.5) is 0 Å². The normalized spacial score (nSPS) is 16.6. The van der Waals surface area contributed by atoms with E-state index in [2.05, 4.69) is 0 Å². The lowest BCUT2D eigenvalue weighted by molar-refractivity contribution is -0.140. The number of methoxy groups -OCH3 is 1. The third-order valence-corrected chi connectivity index (χ3v) is 3.69. The number of aromatic hydroxyl groups is 1. The van der Waals surface area contributed by atoms with E-state index in [9.17, 15) is 15.0 Å². The van der Waals surface area contributed by atoms with Crippen LogP contribution in [0.1, 0.15) is 24.0 Å². The van der Waals surface area contributed by atoms with Gasteiger partial charge >= 0.3 is 5.97 Å². The standard InChI is InChI=1S/C12H13ClO4/c1-6-7(13)5-8(14)10(17-2)9(6)12(3-4-12)11(15)16/h5,14H,3-4H2,1-2H3,(H,15,16). The molecule has 1 saturated carbocycles. The van der Waals surface area contributed by atoms with E-state index < -0.39 is 11.4 Å². The molecular formula is C12H13ClO4. The number of carboxylic acids is 1. The first-order valence-corrected chi connectivity index (χ1v) is 5.62.